The zero-order valence-corrected chi connectivity index (χ0v) is 17.4. The highest BCUT2D eigenvalue weighted by atomic mass is 16.5. The van der Waals surface area contributed by atoms with Gasteiger partial charge in [0, 0.05) is 18.0 Å². The second-order valence-electron chi connectivity index (χ2n) is 7.37. The Bertz CT molecular complexity index is 1060. The molecule has 31 heavy (non-hydrogen) atoms. The molecule has 1 aliphatic rings. The zero-order valence-electron chi connectivity index (χ0n) is 17.4. The van der Waals surface area contributed by atoms with Gasteiger partial charge < -0.3 is 19.9 Å². The number of carbonyl (C=O) groups is 1. The van der Waals surface area contributed by atoms with Gasteiger partial charge in [0.2, 0.25) is 0 Å². The molecule has 1 amide bonds. The molecule has 5 nitrogen and oxygen atoms in total. The molecule has 0 aliphatic heterocycles. The van der Waals surface area contributed by atoms with Crippen molar-refractivity contribution in [2.24, 2.45) is 0 Å². The Labute approximate surface area is 182 Å². The smallest absolute Gasteiger partial charge is 0.407 e. The lowest BCUT2D eigenvalue weighted by Gasteiger charge is -2.14. The molecule has 2 N–H and O–H groups in total. The first-order valence-electron chi connectivity index (χ1n) is 10.3. The highest BCUT2D eigenvalue weighted by Crippen LogP contribution is 2.44. The lowest BCUT2D eigenvalue weighted by molar-refractivity contribution is 0.143. The van der Waals surface area contributed by atoms with Gasteiger partial charge in [-0.05, 0) is 46.9 Å². The van der Waals surface area contributed by atoms with E-state index >= 15 is 0 Å². The summed E-state index contributed by atoms with van der Waals surface area (Å²) in [6.45, 7) is 0.754. The molecule has 4 rings (SSSR count). The standard InChI is InChI=1S/C26H25NO4/c1-30-25-14-13-19(28)16-18(25)8-6-7-15-27-26(29)31-17-24-22-11-4-2-9-20(22)21-10-3-5-12-23(21)24/h2-6,8-14,16,24,28H,7,15,17H2,1H3,(H,27,29). The van der Waals surface area contributed by atoms with Gasteiger partial charge in [0.1, 0.15) is 18.1 Å². The lowest BCUT2D eigenvalue weighted by atomic mass is 9.98. The van der Waals surface area contributed by atoms with Crippen LogP contribution in [0.4, 0.5) is 4.79 Å². The van der Waals surface area contributed by atoms with Crippen LogP contribution >= 0.6 is 0 Å². The van der Waals surface area contributed by atoms with Crippen LogP contribution in [0.15, 0.2) is 72.8 Å². The Morgan fingerprint density at radius 3 is 2.39 bits per heavy atom. The van der Waals surface area contributed by atoms with E-state index in [1.807, 2.05) is 36.4 Å². The monoisotopic (exact) mass is 415 g/mol. The molecule has 0 radical (unpaired) electrons. The number of alkyl carbamates (subject to hydrolysis) is 1. The van der Waals surface area contributed by atoms with Gasteiger partial charge in [0.05, 0.1) is 7.11 Å². The molecule has 5 heteroatoms. The molecule has 0 aromatic heterocycles. The van der Waals surface area contributed by atoms with E-state index in [9.17, 15) is 9.90 Å². The Kier molecular flexibility index (Phi) is 6.22. The van der Waals surface area contributed by atoms with Gasteiger partial charge in [0.25, 0.3) is 0 Å². The minimum Gasteiger partial charge on any atom is -0.508 e. The van der Waals surface area contributed by atoms with E-state index in [2.05, 4.69) is 29.6 Å². The van der Waals surface area contributed by atoms with Crippen LogP contribution in [0.1, 0.15) is 29.0 Å². The van der Waals surface area contributed by atoms with Crippen LogP contribution in [0.3, 0.4) is 0 Å². The number of amides is 1. The molecule has 0 unspecified atom stereocenters. The van der Waals surface area contributed by atoms with E-state index in [4.69, 9.17) is 9.47 Å². The van der Waals surface area contributed by atoms with E-state index in [0.717, 1.165) is 5.56 Å². The van der Waals surface area contributed by atoms with Crippen LogP contribution in [0, 0.1) is 0 Å². The van der Waals surface area contributed by atoms with Crippen molar-refractivity contribution >= 4 is 12.2 Å². The predicted molar refractivity (Wildman–Crippen MR) is 121 cm³/mol. The van der Waals surface area contributed by atoms with Crippen molar-refractivity contribution in [1.29, 1.82) is 0 Å². The summed E-state index contributed by atoms with van der Waals surface area (Å²) in [6, 6.07) is 21.5. The van der Waals surface area contributed by atoms with Crippen molar-refractivity contribution in [3.63, 3.8) is 0 Å². The van der Waals surface area contributed by atoms with Crippen molar-refractivity contribution in [1.82, 2.24) is 5.32 Å². The summed E-state index contributed by atoms with van der Waals surface area (Å²) in [5.41, 5.74) is 5.59. The number of aromatic hydroxyl groups is 1. The van der Waals surface area contributed by atoms with E-state index in [0.29, 0.717) is 25.3 Å². The molecule has 0 atom stereocenters. The Morgan fingerprint density at radius 2 is 1.71 bits per heavy atom. The third-order valence-corrected chi connectivity index (χ3v) is 5.43. The van der Waals surface area contributed by atoms with E-state index < -0.39 is 6.09 Å². The first-order valence-corrected chi connectivity index (χ1v) is 10.3. The Balaban J connectivity index is 1.28. The predicted octanol–water partition coefficient (Wildman–Crippen LogP) is 5.34. The minimum atomic E-state index is -0.426. The zero-order chi connectivity index (χ0) is 21.6. The van der Waals surface area contributed by atoms with E-state index in [-0.39, 0.29) is 11.7 Å². The summed E-state index contributed by atoms with van der Waals surface area (Å²) in [5.74, 6) is 0.909. The van der Waals surface area contributed by atoms with Gasteiger partial charge in [-0.15, -0.1) is 0 Å². The van der Waals surface area contributed by atoms with Gasteiger partial charge in [0.15, 0.2) is 0 Å². The number of ether oxygens (including phenoxy) is 2. The molecular formula is C26H25NO4. The first-order chi connectivity index (χ1) is 15.2. The summed E-state index contributed by atoms with van der Waals surface area (Å²) in [4.78, 5) is 12.2. The third-order valence-electron chi connectivity index (χ3n) is 5.43. The fourth-order valence-electron chi connectivity index (χ4n) is 3.97. The summed E-state index contributed by atoms with van der Waals surface area (Å²) >= 11 is 0. The Morgan fingerprint density at radius 1 is 1.03 bits per heavy atom. The van der Waals surface area contributed by atoms with Crippen molar-refractivity contribution in [2.75, 3.05) is 20.3 Å². The normalized spacial score (nSPS) is 12.4. The van der Waals surface area contributed by atoms with Crippen molar-refractivity contribution in [3.8, 4) is 22.6 Å². The molecule has 0 fully saturated rings. The van der Waals surface area contributed by atoms with Crippen LogP contribution in [0.2, 0.25) is 0 Å². The molecule has 158 valence electrons. The summed E-state index contributed by atoms with van der Waals surface area (Å²) in [5, 5.41) is 12.4. The number of hydrogen-bond acceptors (Lipinski definition) is 4. The molecule has 3 aromatic carbocycles. The third kappa shape index (κ3) is 4.56. The number of nitrogens with one attached hydrogen (secondary N) is 1. The topological polar surface area (TPSA) is 67.8 Å². The number of carbonyl (C=O) groups excluding carboxylic acids is 1. The number of rotatable bonds is 7. The van der Waals surface area contributed by atoms with E-state index in [1.165, 1.54) is 22.3 Å². The maximum atomic E-state index is 12.2. The molecular weight excluding hydrogens is 390 g/mol. The van der Waals surface area contributed by atoms with Crippen LogP contribution in [0.5, 0.6) is 11.5 Å². The maximum Gasteiger partial charge on any atom is 0.407 e. The fourth-order valence-corrected chi connectivity index (χ4v) is 3.97. The number of hydrogen-bond donors (Lipinski definition) is 2. The molecule has 0 heterocycles. The van der Waals surface area contributed by atoms with Gasteiger partial charge in [-0.25, -0.2) is 4.79 Å². The van der Waals surface area contributed by atoms with Gasteiger partial charge in [-0.1, -0.05) is 60.7 Å². The van der Waals surface area contributed by atoms with Crippen molar-refractivity contribution < 1.29 is 19.4 Å². The molecule has 0 spiro atoms. The Hall–Kier alpha value is -3.73. The number of benzene rings is 3. The summed E-state index contributed by atoms with van der Waals surface area (Å²) in [7, 11) is 1.59. The average Bonchev–Trinajstić information content (AvgIpc) is 3.11. The van der Waals surface area contributed by atoms with Crippen LogP contribution < -0.4 is 10.1 Å². The largest absolute Gasteiger partial charge is 0.508 e. The van der Waals surface area contributed by atoms with Gasteiger partial charge >= 0.3 is 6.09 Å². The number of methoxy groups -OCH3 is 1. The van der Waals surface area contributed by atoms with E-state index in [1.54, 1.807) is 25.3 Å². The van der Waals surface area contributed by atoms with Crippen LogP contribution in [-0.2, 0) is 4.74 Å². The second-order valence-corrected chi connectivity index (χ2v) is 7.37. The number of fused-ring (bicyclic) bond motifs is 3. The maximum absolute atomic E-state index is 12.2. The summed E-state index contributed by atoms with van der Waals surface area (Å²) < 4.78 is 10.8. The van der Waals surface area contributed by atoms with Crippen molar-refractivity contribution in [2.45, 2.75) is 12.3 Å². The molecule has 3 aromatic rings. The molecule has 0 saturated carbocycles. The van der Waals surface area contributed by atoms with Gasteiger partial charge in [-0.2, -0.15) is 0 Å². The fraction of sp³-hybridized carbons (Fsp3) is 0.192. The quantitative estimate of drug-likeness (QED) is 0.511. The number of phenols is 1. The van der Waals surface area contributed by atoms with Crippen molar-refractivity contribution in [3.05, 3.63) is 89.5 Å². The average molecular weight is 415 g/mol. The highest BCUT2D eigenvalue weighted by Gasteiger charge is 2.28. The van der Waals surface area contributed by atoms with Crippen LogP contribution in [-0.4, -0.2) is 31.5 Å². The molecule has 0 bridgehead atoms. The van der Waals surface area contributed by atoms with Crippen LogP contribution in [0.25, 0.3) is 17.2 Å². The second kappa shape index (κ2) is 9.39. The summed E-state index contributed by atoms with van der Waals surface area (Å²) in [6.07, 6.45) is 3.98. The lowest BCUT2D eigenvalue weighted by Crippen LogP contribution is -2.26. The minimum absolute atomic E-state index is 0.0521. The SMILES string of the molecule is COc1ccc(O)cc1C=CCCNC(=O)OCC1c2ccccc2-c2ccccc21. The molecule has 1 aliphatic carbocycles. The molecule has 0 saturated heterocycles. The first kappa shape index (κ1) is 20.5. The van der Waals surface area contributed by atoms with Gasteiger partial charge in [-0.3, -0.25) is 0 Å². The number of phenolic OH excluding ortho intramolecular Hbond substituents is 1. The highest BCUT2D eigenvalue weighted by molar-refractivity contribution is 5.79.